The fraction of sp³-hybridized carbons (Fsp3) is 0.200. The summed E-state index contributed by atoms with van der Waals surface area (Å²) in [6.07, 6.45) is 1.73. The van der Waals surface area contributed by atoms with Crippen LogP contribution in [-0.2, 0) is 4.79 Å². The van der Waals surface area contributed by atoms with E-state index in [4.69, 9.17) is 5.84 Å². The number of nitrogens with zero attached hydrogens (tertiary/aromatic N) is 2. The Labute approximate surface area is 86.8 Å². The quantitative estimate of drug-likeness (QED) is 0.427. The Bertz CT molecular complexity index is 491. The lowest BCUT2D eigenvalue weighted by Gasteiger charge is -2.11. The molecule has 1 aromatic carbocycles. The van der Waals surface area contributed by atoms with E-state index in [-0.39, 0.29) is 5.91 Å². The molecule has 15 heavy (non-hydrogen) atoms. The summed E-state index contributed by atoms with van der Waals surface area (Å²) in [5, 5.41) is 5.17. The number of nitrogens with one attached hydrogen (secondary N) is 1. The third-order valence-electron chi connectivity index (χ3n) is 2.39. The Morgan fingerprint density at radius 2 is 2.27 bits per heavy atom. The number of aromatic nitrogens is 2. The van der Waals surface area contributed by atoms with Crippen molar-refractivity contribution in [2.24, 2.45) is 5.84 Å². The zero-order chi connectivity index (χ0) is 10.8. The van der Waals surface area contributed by atoms with Gasteiger partial charge in [-0.25, -0.2) is 5.84 Å². The molecule has 0 spiro atoms. The highest BCUT2D eigenvalue weighted by Crippen LogP contribution is 2.16. The second kappa shape index (κ2) is 3.70. The molecule has 0 saturated carbocycles. The molecule has 0 aliphatic carbocycles. The Morgan fingerprint density at radius 3 is 3.00 bits per heavy atom. The number of fused-ring (bicyclic) bond motifs is 1. The van der Waals surface area contributed by atoms with Crippen molar-refractivity contribution in [3.8, 4) is 0 Å². The normalized spacial score (nSPS) is 12.7. The second-order valence-electron chi connectivity index (χ2n) is 3.33. The summed E-state index contributed by atoms with van der Waals surface area (Å²) in [6, 6.07) is 7.30. The SMILES string of the molecule is CC(C(=O)NN)n1ncc2ccccc21. The number of rotatable bonds is 2. The van der Waals surface area contributed by atoms with Crippen LogP contribution >= 0.6 is 0 Å². The number of hydrazine groups is 1. The zero-order valence-corrected chi connectivity index (χ0v) is 8.34. The van der Waals surface area contributed by atoms with Gasteiger partial charge in [0.15, 0.2) is 0 Å². The lowest BCUT2D eigenvalue weighted by Crippen LogP contribution is -2.36. The Balaban J connectivity index is 2.48. The van der Waals surface area contributed by atoms with Gasteiger partial charge in [0.1, 0.15) is 6.04 Å². The van der Waals surface area contributed by atoms with Crippen LogP contribution in [0.3, 0.4) is 0 Å². The fourth-order valence-corrected chi connectivity index (χ4v) is 1.53. The second-order valence-corrected chi connectivity index (χ2v) is 3.33. The van der Waals surface area contributed by atoms with Crippen LogP contribution in [0.25, 0.3) is 10.9 Å². The molecule has 1 aromatic heterocycles. The van der Waals surface area contributed by atoms with Gasteiger partial charge in [-0.05, 0) is 13.0 Å². The average Bonchev–Trinajstić information content (AvgIpc) is 2.70. The van der Waals surface area contributed by atoms with Crippen LogP contribution in [0.4, 0.5) is 0 Å². The molecule has 0 bridgehead atoms. The van der Waals surface area contributed by atoms with E-state index in [1.807, 2.05) is 24.3 Å². The predicted molar refractivity (Wildman–Crippen MR) is 56.8 cm³/mol. The Kier molecular flexibility index (Phi) is 2.39. The molecule has 3 N–H and O–H groups in total. The van der Waals surface area contributed by atoms with Crippen LogP contribution < -0.4 is 11.3 Å². The summed E-state index contributed by atoms with van der Waals surface area (Å²) in [4.78, 5) is 11.4. The molecule has 0 aliphatic rings. The number of para-hydroxylation sites is 1. The maximum atomic E-state index is 11.4. The highest BCUT2D eigenvalue weighted by Gasteiger charge is 2.16. The van der Waals surface area contributed by atoms with Crippen LogP contribution in [0.2, 0.25) is 0 Å². The number of carbonyl (C=O) groups excluding carboxylic acids is 1. The largest absolute Gasteiger partial charge is 0.292 e. The number of amides is 1. The van der Waals surface area contributed by atoms with Crippen molar-refractivity contribution in [1.82, 2.24) is 15.2 Å². The minimum absolute atomic E-state index is 0.260. The van der Waals surface area contributed by atoms with E-state index in [9.17, 15) is 4.79 Å². The minimum atomic E-state index is -0.408. The van der Waals surface area contributed by atoms with Crippen molar-refractivity contribution >= 4 is 16.8 Å². The lowest BCUT2D eigenvalue weighted by atomic mass is 10.2. The van der Waals surface area contributed by atoms with E-state index in [1.54, 1.807) is 17.8 Å². The molecule has 5 heteroatoms. The van der Waals surface area contributed by atoms with E-state index in [0.29, 0.717) is 0 Å². The molecule has 2 rings (SSSR count). The van der Waals surface area contributed by atoms with Crippen molar-refractivity contribution in [3.63, 3.8) is 0 Å². The first-order valence-corrected chi connectivity index (χ1v) is 4.66. The van der Waals surface area contributed by atoms with Crippen molar-refractivity contribution in [2.75, 3.05) is 0 Å². The monoisotopic (exact) mass is 204 g/mol. The molecule has 1 unspecified atom stereocenters. The summed E-state index contributed by atoms with van der Waals surface area (Å²) in [6.45, 7) is 1.75. The smallest absolute Gasteiger partial charge is 0.258 e. The molecular formula is C10H12N4O. The molecular weight excluding hydrogens is 192 g/mol. The van der Waals surface area contributed by atoms with Crippen LogP contribution in [-0.4, -0.2) is 15.7 Å². The van der Waals surface area contributed by atoms with Crippen LogP contribution in [0.15, 0.2) is 30.5 Å². The van der Waals surface area contributed by atoms with Crippen molar-refractivity contribution < 1.29 is 4.79 Å². The molecule has 5 nitrogen and oxygen atoms in total. The molecule has 78 valence electrons. The number of hydrogen-bond donors (Lipinski definition) is 2. The molecule has 1 amide bonds. The molecule has 1 atom stereocenters. The van der Waals surface area contributed by atoms with Gasteiger partial charge >= 0.3 is 0 Å². The van der Waals surface area contributed by atoms with Crippen molar-refractivity contribution in [1.29, 1.82) is 0 Å². The average molecular weight is 204 g/mol. The van der Waals surface area contributed by atoms with Crippen molar-refractivity contribution in [2.45, 2.75) is 13.0 Å². The maximum absolute atomic E-state index is 11.4. The number of hydrogen-bond acceptors (Lipinski definition) is 3. The molecule has 0 saturated heterocycles. The highest BCUT2D eigenvalue weighted by molar-refractivity contribution is 5.84. The van der Waals surface area contributed by atoms with Gasteiger partial charge in [0, 0.05) is 5.39 Å². The van der Waals surface area contributed by atoms with E-state index < -0.39 is 6.04 Å². The molecule has 0 aliphatic heterocycles. The lowest BCUT2D eigenvalue weighted by molar-refractivity contribution is -0.124. The van der Waals surface area contributed by atoms with Gasteiger partial charge in [0.2, 0.25) is 0 Å². The van der Waals surface area contributed by atoms with Gasteiger partial charge in [0.25, 0.3) is 5.91 Å². The number of carbonyl (C=O) groups is 1. The number of benzene rings is 1. The van der Waals surface area contributed by atoms with E-state index in [2.05, 4.69) is 10.5 Å². The van der Waals surface area contributed by atoms with Crippen molar-refractivity contribution in [3.05, 3.63) is 30.5 Å². The van der Waals surface area contributed by atoms with Gasteiger partial charge in [-0.1, -0.05) is 18.2 Å². The van der Waals surface area contributed by atoms with Crippen LogP contribution in [0, 0.1) is 0 Å². The zero-order valence-electron chi connectivity index (χ0n) is 8.34. The molecule has 0 fully saturated rings. The fourth-order valence-electron chi connectivity index (χ4n) is 1.53. The maximum Gasteiger partial charge on any atom is 0.258 e. The van der Waals surface area contributed by atoms with Crippen LogP contribution in [0.5, 0.6) is 0 Å². The molecule has 2 aromatic rings. The molecule has 1 heterocycles. The first kappa shape index (κ1) is 9.67. The first-order chi connectivity index (χ1) is 7.24. The summed E-state index contributed by atoms with van der Waals surface area (Å²) in [5.74, 6) is 4.82. The van der Waals surface area contributed by atoms with Gasteiger partial charge in [-0.3, -0.25) is 14.9 Å². The van der Waals surface area contributed by atoms with E-state index in [1.165, 1.54) is 0 Å². The van der Waals surface area contributed by atoms with Gasteiger partial charge in [0.05, 0.1) is 11.7 Å². The highest BCUT2D eigenvalue weighted by atomic mass is 16.2. The molecule has 0 radical (unpaired) electrons. The Morgan fingerprint density at radius 1 is 1.53 bits per heavy atom. The van der Waals surface area contributed by atoms with Gasteiger partial charge in [-0.2, -0.15) is 5.10 Å². The third-order valence-corrected chi connectivity index (χ3v) is 2.39. The third kappa shape index (κ3) is 1.57. The Hall–Kier alpha value is -1.88. The topological polar surface area (TPSA) is 72.9 Å². The predicted octanol–water partition coefficient (Wildman–Crippen LogP) is 0.587. The van der Waals surface area contributed by atoms with Gasteiger partial charge in [-0.15, -0.1) is 0 Å². The summed E-state index contributed by atoms with van der Waals surface area (Å²) >= 11 is 0. The van der Waals surface area contributed by atoms with Crippen LogP contribution in [0.1, 0.15) is 13.0 Å². The number of nitrogens with two attached hydrogens (primary N) is 1. The van der Waals surface area contributed by atoms with E-state index >= 15 is 0 Å². The first-order valence-electron chi connectivity index (χ1n) is 4.66. The summed E-state index contributed by atoms with van der Waals surface area (Å²) < 4.78 is 1.65. The van der Waals surface area contributed by atoms with E-state index in [0.717, 1.165) is 10.9 Å². The summed E-state index contributed by atoms with van der Waals surface area (Å²) in [7, 11) is 0. The summed E-state index contributed by atoms with van der Waals surface area (Å²) in [5.41, 5.74) is 3.04. The van der Waals surface area contributed by atoms with Gasteiger partial charge < -0.3 is 0 Å². The minimum Gasteiger partial charge on any atom is -0.292 e. The standard InChI is InChI=1S/C10H12N4O/c1-7(10(15)13-11)14-9-5-3-2-4-8(9)6-12-14/h2-7H,11H2,1H3,(H,13,15).